The van der Waals surface area contributed by atoms with E-state index in [-0.39, 0.29) is 5.91 Å². The van der Waals surface area contributed by atoms with Crippen LogP contribution in [0.5, 0.6) is 0 Å². The van der Waals surface area contributed by atoms with E-state index >= 15 is 0 Å². The molecule has 7 heteroatoms. The van der Waals surface area contributed by atoms with E-state index in [1.165, 1.54) is 6.20 Å². The van der Waals surface area contributed by atoms with Gasteiger partial charge >= 0.3 is 0 Å². The molecule has 100 valence electrons. The van der Waals surface area contributed by atoms with Crippen LogP contribution < -0.4 is 16.6 Å². The van der Waals surface area contributed by atoms with E-state index in [0.29, 0.717) is 17.1 Å². The van der Waals surface area contributed by atoms with E-state index < -0.39 is 0 Å². The summed E-state index contributed by atoms with van der Waals surface area (Å²) in [7, 11) is 1.81. The molecule has 0 aliphatic heterocycles. The number of nitrogens with zero attached hydrogens (tertiary/aromatic N) is 3. The molecule has 0 spiro atoms. The van der Waals surface area contributed by atoms with E-state index in [0.717, 1.165) is 12.1 Å². The molecule has 0 saturated heterocycles. The van der Waals surface area contributed by atoms with Crippen LogP contribution in [-0.4, -0.2) is 20.7 Å². The minimum Gasteiger partial charge on any atom is -0.324 e. The number of pyridine rings is 1. The Balaban J connectivity index is 2.20. The zero-order valence-corrected chi connectivity index (χ0v) is 10.8. The van der Waals surface area contributed by atoms with Crippen molar-refractivity contribution < 1.29 is 4.79 Å². The molecule has 1 amide bonds. The Bertz CT molecular complexity index is 592. The number of nitrogens with one attached hydrogen (secondary N) is 2. The molecule has 7 nitrogen and oxygen atoms in total. The Hall–Kier alpha value is -2.41. The molecular weight excluding hydrogens is 244 g/mol. The Kier molecular flexibility index (Phi) is 3.76. The van der Waals surface area contributed by atoms with Crippen molar-refractivity contribution in [3.63, 3.8) is 0 Å². The number of carbonyl (C=O) groups is 1. The van der Waals surface area contributed by atoms with E-state index in [4.69, 9.17) is 5.84 Å². The van der Waals surface area contributed by atoms with Gasteiger partial charge in [0.1, 0.15) is 5.69 Å². The van der Waals surface area contributed by atoms with E-state index in [1.807, 2.05) is 14.0 Å². The molecule has 4 N–H and O–H groups in total. The molecule has 0 radical (unpaired) electrons. The van der Waals surface area contributed by atoms with Crippen LogP contribution in [0.3, 0.4) is 0 Å². The molecule has 0 bridgehead atoms. The summed E-state index contributed by atoms with van der Waals surface area (Å²) in [6.07, 6.45) is 4.03. The van der Waals surface area contributed by atoms with Gasteiger partial charge in [-0.15, -0.1) is 0 Å². The van der Waals surface area contributed by atoms with Crippen LogP contribution in [0.1, 0.15) is 23.1 Å². The predicted octanol–water partition coefficient (Wildman–Crippen LogP) is 0.915. The fraction of sp³-hybridized carbons (Fsp3) is 0.250. The first kappa shape index (κ1) is 13.0. The zero-order valence-electron chi connectivity index (χ0n) is 10.8. The summed E-state index contributed by atoms with van der Waals surface area (Å²) in [6, 6.07) is 3.26. The molecule has 0 aromatic carbocycles. The number of rotatable bonds is 4. The van der Waals surface area contributed by atoms with Crippen LogP contribution in [0.25, 0.3) is 0 Å². The first-order valence-electron chi connectivity index (χ1n) is 5.90. The summed E-state index contributed by atoms with van der Waals surface area (Å²) in [5.41, 5.74) is 4.93. The number of aromatic nitrogens is 3. The second kappa shape index (κ2) is 5.49. The van der Waals surface area contributed by atoms with Crippen LogP contribution in [0.2, 0.25) is 0 Å². The van der Waals surface area contributed by atoms with Gasteiger partial charge in [-0.1, -0.05) is 6.92 Å². The highest BCUT2D eigenvalue weighted by atomic mass is 16.1. The molecular formula is C12H16N6O. The second-order valence-corrected chi connectivity index (χ2v) is 4.04. The van der Waals surface area contributed by atoms with Gasteiger partial charge in [-0.25, -0.2) is 0 Å². The Morgan fingerprint density at radius 2 is 2.32 bits per heavy atom. The maximum atomic E-state index is 12.1. The number of nitrogens with two attached hydrogens (primary N) is 1. The van der Waals surface area contributed by atoms with Crippen molar-refractivity contribution >= 4 is 17.3 Å². The molecule has 19 heavy (non-hydrogen) atoms. The minimum absolute atomic E-state index is 0.292. The van der Waals surface area contributed by atoms with Crippen molar-refractivity contribution in [1.82, 2.24) is 14.8 Å². The van der Waals surface area contributed by atoms with Crippen molar-refractivity contribution in [2.75, 3.05) is 10.7 Å². The van der Waals surface area contributed by atoms with E-state index in [2.05, 4.69) is 20.8 Å². The van der Waals surface area contributed by atoms with Crippen LogP contribution >= 0.6 is 0 Å². The van der Waals surface area contributed by atoms with Gasteiger partial charge in [0.15, 0.2) is 0 Å². The molecule has 2 heterocycles. The lowest BCUT2D eigenvalue weighted by molar-refractivity contribution is 0.102. The molecule has 2 aromatic rings. The monoisotopic (exact) mass is 260 g/mol. The summed E-state index contributed by atoms with van der Waals surface area (Å²) in [5, 5.41) is 7.06. The molecule has 2 rings (SSSR count). The van der Waals surface area contributed by atoms with Crippen molar-refractivity contribution in [1.29, 1.82) is 0 Å². The molecule has 0 aliphatic rings. The Morgan fingerprint density at radius 1 is 1.53 bits per heavy atom. The number of aryl methyl sites for hydroxylation is 2. The number of hydrazine groups is 1. The first-order chi connectivity index (χ1) is 9.13. The largest absolute Gasteiger partial charge is 0.324 e. The third kappa shape index (κ3) is 2.89. The molecule has 0 fully saturated rings. The molecule has 0 unspecified atom stereocenters. The quantitative estimate of drug-likeness (QED) is 0.561. The van der Waals surface area contributed by atoms with E-state index in [1.54, 1.807) is 23.0 Å². The molecule has 0 atom stereocenters. The molecule has 2 aromatic heterocycles. The maximum Gasteiger partial charge on any atom is 0.274 e. The zero-order chi connectivity index (χ0) is 13.8. The summed E-state index contributed by atoms with van der Waals surface area (Å²) < 4.78 is 1.67. The van der Waals surface area contributed by atoms with Crippen molar-refractivity contribution in [3.05, 3.63) is 35.9 Å². The van der Waals surface area contributed by atoms with Crippen LogP contribution in [0.15, 0.2) is 24.5 Å². The Labute approximate surface area is 110 Å². The summed E-state index contributed by atoms with van der Waals surface area (Å²) in [4.78, 5) is 16.1. The van der Waals surface area contributed by atoms with Gasteiger partial charge < -0.3 is 10.7 Å². The third-order valence-electron chi connectivity index (χ3n) is 2.65. The van der Waals surface area contributed by atoms with Crippen LogP contribution in [-0.2, 0) is 13.5 Å². The second-order valence-electron chi connectivity index (χ2n) is 4.04. The summed E-state index contributed by atoms with van der Waals surface area (Å²) in [5.74, 6) is 5.01. The van der Waals surface area contributed by atoms with Gasteiger partial charge in [0.25, 0.3) is 5.91 Å². The highest BCUT2D eigenvalue weighted by Crippen LogP contribution is 2.15. The first-order valence-corrected chi connectivity index (χ1v) is 5.90. The average Bonchev–Trinajstić information content (AvgIpc) is 2.78. The third-order valence-corrected chi connectivity index (χ3v) is 2.65. The highest BCUT2D eigenvalue weighted by Gasteiger charge is 2.12. The Morgan fingerprint density at radius 3 is 3.00 bits per heavy atom. The topological polar surface area (TPSA) is 97.9 Å². The molecule has 0 saturated carbocycles. The fourth-order valence-corrected chi connectivity index (χ4v) is 1.73. The van der Waals surface area contributed by atoms with E-state index in [9.17, 15) is 4.79 Å². The van der Waals surface area contributed by atoms with Gasteiger partial charge in [0.05, 0.1) is 17.1 Å². The van der Waals surface area contributed by atoms with Crippen LogP contribution in [0.4, 0.5) is 11.4 Å². The number of amides is 1. The minimum atomic E-state index is -0.292. The van der Waals surface area contributed by atoms with Crippen LogP contribution in [0, 0.1) is 0 Å². The number of hydrogen-bond acceptors (Lipinski definition) is 5. The summed E-state index contributed by atoms with van der Waals surface area (Å²) in [6.45, 7) is 1.98. The van der Waals surface area contributed by atoms with Gasteiger partial charge in [-0.2, -0.15) is 5.10 Å². The molecule has 0 aliphatic carbocycles. The van der Waals surface area contributed by atoms with Gasteiger partial charge in [0, 0.05) is 19.4 Å². The lowest BCUT2D eigenvalue weighted by Gasteiger charge is -2.05. The van der Waals surface area contributed by atoms with Crippen molar-refractivity contribution in [2.24, 2.45) is 12.9 Å². The lowest BCUT2D eigenvalue weighted by atomic mass is 10.2. The number of nitrogen functional groups attached to an aromatic ring is 1. The standard InChI is InChI=1S/C12H16N6O/c1-3-9-11(7-18(2)17-9)15-12(19)10-6-8(16-13)4-5-14-10/h4-7H,3,13H2,1-2H3,(H,14,16)(H,15,19). The maximum absolute atomic E-state index is 12.1. The number of carbonyl (C=O) groups excluding carboxylic acids is 1. The van der Waals surface area contributed by atoms with Gasteiger partial charge in [-0.05, 0) is 18.6 Å². The SMILES string of the molecule is CCc1nn(C)cc1NC(=O)c1cc(NN)ccn1. The van der Waals surface area contributed by atoms with Gasteiger partial charge in [-0.3, -0.25) is 20.3 Å². The smallest absolute Gasteiger partial charge is 0.274 e. The van der Waals surface area contributed by atoms with Gasteiger partial charge in [0.2, 0.25) is 0 Å². The normalized spacial score (nSPS) is 10.3. The lowest BCUT2D eigenvalue weighted by Crippen LogP contribution is -2.15. The average molecular weight is 260 g/mol. The predicted molar refractivity (Wildman–Crippen MR) is 72.6 cm³/mol. The van der Waals surface area contributed by atoms with Crippen molar-refractivity contribution in [3.8, 4) is 0 Å². The van der Waals surface area contributed by atoms with Crippen molar-refractivity contribution in [2.45, 2.75) is 13.3 Å². The summed E-state index contributed by atoms with van der Waals surface area (Å²) >= 11 is 0. The number of anilines is 2. The number of hydrogen-bond donors (Lipinski definition) is 3. The highest BCUT2D eigenvalue weighted by molar-refractivity contribution is 6.03. The fourth-order valence-electron chi connectivity index (χ4n) is 1.73.